The molecular formula is C9H11BrN6O. The summed E-state index contributed by atoms with van der Waals surface area (Å²) in [4.78, 5) is 12.2. The molecule has 2 aromatic rings. The maximum Gasteiger partial charge on any atom is 0.256 e. The Kier molecular flexibility index (Phi) is 3.52. The van der Waals surface area contributed by atoms with Gasteiger partial charge in [-0.05, 0) is 22.4 Å². The number of anilines is 1. The molecule has 90 valence electrons. The maximum absolute atomic E-state index is 5.48. The van der Waals surface area contributed by atoms with Crippen LogP contribution in [-0.4, -0.2) is 31.3 Å². The van der Waals surface area contributed by atoms with E-state index in [1.165, 1.54) is 4.68 Å². The van der Waals surface area contributed by atoms with Gasteiger partial charge in [-0.3, -0.25) is 0 Å². The van der Waals surface area contributed by atoms with E-state index in [1.807, 2.05) is 6.92 Å². The van der Waals surface area contributed by atoms with Crippen LogP contribution in [0.2, 0.25) is 0 Å². The fourth-order valence-electron chi connectivity index (χ4n) is 1.16. The van der Waals surface area contributed by atoms with Crippen molar-refractivity contribution >= 4 is 21.9 Å². The quantitative estimate of drug-likeness (QED) is 0.911. The zero-order valence-corrected chi connectivity index (χ0v) is 10.8. The van der Waals surface area contributed by atoms with Crippen molar-refractivity contribution in [3.05, 3.63) is 17.0 Å². The van der Waals surface area contributed by atoms with Gasteiger partial charge in [-0.15, -0.1) is 5.10 Å². The molecule has 0 aromatic carbocycles. The first kappa shape index (κ1) is 11.8. The molecule has 0 fully saturated rings. The predicted octanol–water partition coefficient (Wildman–Crippen LogP) is 1.19. The number of aromatic nitrogens is 5. The summed E-state index contributed by atoms with van der Waals surface area (Å²) >= 11 is 3.22. The summed E-state index contributed by atoms with van der Waals surface area (Å²) in [6.07, 6.45) is 2.51. The molecule has 17 heavy (non-hydrogen) atoms. The second kappa shape index (κ2) is 5.09. The Morgan fingerprint density at radius 2 is 2.29 bits per heavy atom. The molecule has 0 amide bonds. The zero-order chi connectivity index (χ0) is 12.3. The summed E-state index contributed by atoms with van der Waals surface area (Å²) in [5, 5.41) is 3.96. The van der Waals surface area contributed by atoms with Gasteiger partial charge in [0.25, 0.3) is 5.95 Å². The largest absolute Gasteiger partial charge is 0.478 e. The molecule has 0 aliphatic heterocycles. The van der Waals surface area contributed by atoms with E-state index in [4.69, 9.17) is 10.5 Å². The smallest absolute Gasteiger partial charge is 0.256 e. The molecule has 2 rings (SSSR count). The van der Waals surface area contributed by atoms with Gasteiger partial charge in [0, 0.05) is 12.3 Å². The van der Waals surface area contributed by atoms with Crippen molar-refractivity contribution in [2.24, 2.45) is 0 Å². The first-order valence-electron chi connectivity index (χ1n) is 5.05. The molecule has 2 heterocycles. The molecule has 0 unspecified atom stereocenters. The standard InChI is InChI=1S/C9H11BrN6O/c1-2-5-17-6-3-4-12-9(13-6)16-7(10)14-8(11)15-16/h3-4H,2,5H2,1H3,(H2,11,15). The van der Waals surface area contributed by atoms with E-state index in [-0.39, 0.29) is 5.95 Å². The summed E-state index contributed by atoms with van der Waals surface area (Å²) < 4.78 is 7.25. The topological polar surface area (TPSA) is 91.7 Å². The van der Waals surface area contributed by atoms with E-state index in [0.29, 0.717) is 23.2 Å². The summed E-state index contributed by atoms with van der Waals surface area (Å²) in [5.41, 5.74) is 5.48. The molecule has 0 saturated heterocycles. The van der Waals surface area contributed by atoms with Crippen molar-refractivity contribution in [3.8, 4) is 11.8 Å². The number of hydrogen-bond donors (Lipinski definition) is 1. The van der Waals surface area contributed by atoms with Crippen molar-refractivity contribution in [1.82, 2.24) is 24.7 Å². The Bertz CT molecular complexity index is 514. The minimum Gasteiger partial charge on any atom is -0.478 e. The van der Waals surface area contributed by atoms with Gasteiger partial charge in [0.15, 0.2) is 0 Å². The summed E-state index contributed by atoms with van der Waals surface area (Å²) in [7, 11) is 0. The fraction of sp³-hybridized carbons (Fsp3) is 0.333. The van der Waals surface area contributed by atoms with Crippen molar-refractivity contribution in [2.45, 2.75) is 13.3 Å². The number of nitrogens with zero attached hydrogens (tertiary/aromatic N) is 5. The van der Waals surface area contributed by atoms with Crippen LogP contribution in [0.1, 0.15) is 13.3 Å². The van der Waals surface area contributed by atoms with E-state index in [2.05, 4.69) is 36.0 Å². The van der Waals surface area contributed by atoms with Gasteiger partial charge in [-0.2, -0.15) is 14.6 Å². The highest BCUT2D eigenvalue weighted by Crippen LogP contribution is 2.14. The molecule has 0 bridgehead atoms. The van der Waals surface area contributed by atoms with Crippen molar-refractivity contribution in [3.63, 3.8) is 0 Å². The second-order valence-corrected chi connectivity index (χ2v) is 3.90. The van der Waals surface area contributed by atoms with Gasteiger partial charge >= 0.3 is 0 Å². The number of nitrogen functional groups attached to an aromatic ring is 1. The lowest BCUT2D eigenvalue weighted by molar-refractivity contribution is 0.304. The van der Waals surface area contributed by atoms with Crippen LogP contribution in [0.3, 0.4) is 0 Å². The highest BCUT2D eigenvalue weighted by atomic mass is 79.9. The molecule has 0 spiro atoms. The average Bonchev–Trinajstić information content (AvgIpc) is 2.66. The number of hydrogen-bond acceptors (Lipinski definition) is 6. The van der Waals surface area contributed by atoms with Crippen molar-refractivity contribution in [1.29, 1.82) is 0 Å². The van der Waals surface area contributed by atoms with Gasteiger partial charge < -0.3 is 10.5 Å². The van der Waals surface area contributed by atoms with E-state index in [9.17, 15) is 0 Å². The molecule has 0 aliphatic carbocycles. The number of ether oxygens (including phenoxy) is 1. The molecule has 0 aliphatic rings. The minimum atomic E-state index is 0.153. The second-order valence-electron chi connectivity index (χ2n) is 3.19. The normalized spacial score (nSPS) is 10.5. The van der Waals surface area contributed by atoms with Crippen LogP contribution in [0, 0.1) is 0 Å². The summed E-state index contributed by atoms with van der Waals surface area (Å²) in [6.45, 7) is 2.63. The van der Waals surface area contributed by atoms with E-state index in [1.54, 1.807) is 12.3 Å². The van der Waals surface area contributed by atoms with Crippen LogP contribution in [0.4, 0.5) is 5.95 Å². The van der Waals surface area contributed by atoms with Crippen LogP contribution in [0.15, 0.2) is 17.0 Å². The Labute approximate surface area is 106 Å². The van der Waals surface area contributed by atoms with Crippen LogP contribution in [0.25, 0.3) is 5.95 Å². The monoisotopic (exact) mass is 298 g/mol. The molecule has 2 N–H and O–H groups in total. The van der Waals surface area contributed by atoms with Gasteiger partial charge in [-0.1, -0.05) is 6.92 Å². The number of nitrogens with two attached hydrogens (primary N) is 1. The summed E-state index contributed by atoms with van der Waals surface area (Å²) in [6, 6.07) is 1.69. The van der Waals surface area contributed by atoms with Gasteiger partial charge in [-0.25, -0.2) is 4.98 Å². The van der Waals surface area contributed by atoms with Crippen molar-refractivity contribution in [2.75, 3.05) is 12.3 Å². The molecule has 2 aromatic heterocycles. The van der Waals surface area contributed by atoms with Crippen LogP contribution < -0.4 is 10.5 Å². The maximum atomic E-state index is 5.48. The highest BCUT2D eigenvalue weighted by Gasteiger charge is 2.10. The molecule has 0 atom stereocenters. The molecule has 8 heteroatoms. The third kappa shape index (κ3) is 2.70. The van der Waals surface area contributed by atoms with E-state index in [0.717, 1.165) is 6.42 Å². The van der Waals surface area contributed by atoms with Crippen LogP contribution in [0.5, 0.6) is 5.88 Å². The predicted molar refractivity (Wildman–Crippen MR) is 64.8 cm³/mol. The fourth-order valence-corrected chi connectivity index (χ4v) is 1.58. The lowest BCUT2D eigenvalue weighted by Gasteiger charge is -2.04. The molecule has 0 radical (unpaired) electrons. The Morgan fingerprint density at radius 1 is 1.47 bits per heavy atom. The number of halogens is 1. The van der Waals surface area contributed by atoms with E-state index < -0.39 is 0 Å². The first-order chi connectivity index (χ1) is 8.20. The SMILES string of the molecule is CCCOc1ccnc(-n2nc(N)nc2Br)n1. The highest BCUT2D eigenvalue weighted by molar-refractivity contribution is 9.10. The van der Waals surface area contributed by atoms with Gasteiger partial charge in [0.1, 0.15) is 0 Å². The molecule has 0 saturated carbocycles. The third-order valence-electron chi connectivity index (χ3n) is 1.84. The first-order valence-corrected chi connectivity index (χ1v) is 5.84. The molecular weight excluding hydrogens is 288 g/mol. The Morgan fingerprint density at radius 3 is 2.94 bits per heavy atom. The minimum absolute atomic E-state index is 0.153. The van der Waals surface area contributed by atoms with Crippen LogP contribution >= 0.6 is 15.9 Å². The Balaban J connectivity index is 2.29. The number of rotatable bonds is 4. The lowest BCUT2D eigenvalue weighted by Crippen LogP contribution is -2.06. The molecule has 7 nitrogen and oxygen atoms in total. The van der Waals surface area contributed by atoms with Crippen LogP contribution in [-0.2, 0) is 0 Å². The Hall–Kier alpha value is -1.70. The van der Waals surface area contributed by atoms with E-state index >= 15 is 0 Å². The lowest BCUT2D eigenvalue weighted by atomic mass is 10.5. The third-order valence-corrected chi connectivity index (χ3v) is 2.36. The van der Waals surface area contributed by atoms with Crippen molar-refractivity contribution < 1.29 is 4.74 Å². The van der Waals surface area contributed by atoms with Gasteiger partial charge in [0.2, 0.25) is 16.6 Å². The summed E-state index contributed by atoms with van der Waals surface area (Å²) in [5.74, 6) is 1.01. The zero-order valence-electron chi connectivity index (χ0n) is 9.17. The average molecular weight is 299 g/mol. The van der Waals surface area contributed by atoms with Gasteiger partial charge in [0.05, 0.1) is 6.61 Å².